The van der Waals surface area contributed by atoms with Crippen LogP contribution in [0, 0.1) is 10.8 Å². The fourth-order valence-electron chi connectivity index (χ4n) is 2.40. The standard InChI is InChI=1S/C15H15BrN2O7/c1-8(19)23-7-12-11(24-9(2)20)5-13(25-12)18-6-10(3-4-16)14(21)17-15(18)22/h6,11-13H,5,7H2,1-2H3,(H,17,21,22)/t11-,12+,13+/m0/s1. The summed E-state index contributed by atoms with van der Waals surface area (Å²) in [5.74, 6) is 1.48. The maximum Gasteiger partial charge on any atom is 0.330 e. The first kappa shape index (κ1) is 19.0. The van der Waals surface area contributed by atoms with Gasteiger partial charge in [-0.25, -0.2) is 4.79 Å². The molecular formula is C15H15BrN2O7. The normalized spacial score (nSPS) is 22.0. The smallest absolute Gasteiger partial charge is 0.330 e. The second-order valence-corrected chi connectivity index (χ2v) is 5.64. The van der Waals surface area contributed by atoms with Crippen molar-refractivity contribution in [2.45, 2.75) is 38.7 Å². The molecule has 0 aromatic carbocycles. The number of halogens is 1. The Morgan fingerprint density at radius 1 is 1.40 bits per heavy atom. The molecular weight excluding hydrogens is 400 g/mol. The third-order valence-corrected chi connectivity index (χ3v) is 3.61. The molecule has 9 nitrogen and oxygen atoms in total. The molecule has 134 valence electrons. The third kappa shape index (κ3) is 4.80. The Kier molecular flexibility index (Phi) is 6.17. The van der Waals surface area contributed by atoms with Crippen molar-refractivity contribution in [1.29, 1.82) is 0 Å². The number of aromatic amines is 1. The number of hydrogen-bond donors (Lipinski definition) is 1. The highest BCUT2D eigenvalue weighted by Crippen LogP contribution is 2.30. The van der Waals surface area contributed by atoms with Gasteiger partial charge >= 0.3 is 17.6 Å². The van der Waals surface area contributed by atoms with Crippen molar-refractivity contribution in [3.63, 3.8) is 0 Å². The number of aromatic nitrogens is 2. The van der Waals surface area contributed by atoms with Crippen LogP contribution in [0.3, 0.4) is 0 Å². The SMILES string of the molecule is CC(=O)OC[C@H]1O[C@@H](n2cc(C#CBr)c(=O)[nH]c2=O)C[C@@H]1OC(C)=O. The lowest BCUT2D eigenvalue weighted by atomic mass is 10.2. The number of carbonyl (C=O) groups excluding carboxylic acids is 2. The number of rotatable bonds is 4. The second kappa shape index (κ2) is 8.13. The molecule has 0 radical (unpaired) electrons. The van der Waals surface area contributed by atoms with E-state index >= 15 is 0 Å². The molecule has 1 aliphatic heterocycles. The van der Waals surface area contributed by atoms with Crippen LogP contribution in [0.15, 0.2) is 15.8 Å². The van der Waals surface area contributed by atoms with E-state index in [0.29, 0.717) is 0 Å². The maximum absolute atomic E-state index is 12.1. The van der Waals surface area contributed by atoms with E-state index in [0.717, 1.165) is 4.57 Å². The molecule has 1 aromatic rings. The van der Waals surface area contributed by atoms with E-state index in [1.54, 1.807) is 0 Å². The van der Waals surface area contributed by atoms with E-state index in [9.17, 15) is 19.2 Å². The van der Waals surface area contributed by atoms with Crippen molar-refractivity contribution in [2.24, 2.45) is 0 Å². The summed E-state index contributed by atoms with van der Waals surface area (Å²) in [7, 11) is 0. The topological polar surface area (TPSA) is 117 Å². The molecule has 3 atom stereocenters. The zero-order chi connectivity index (χ0) is 18.6. The van der Waals surface area contributed by atoms with Gasteiger partial charge in [-0.1, -0.05) is 0 Å². The van der Waals surface area contributed by atoms with Gasteiger partial charge in [-0.05, 0) is 10.8 Å². The van der Waals surface area contributed by atoms with Gasteiger partial charge in [0.2, 0.25) is 0 Å². The van der Waals surface area contributed by atoms with Crippen LogP contribution in [0.1, 0.15) is 32.1 Å². The van der Waals surface area contributed by atoms with Gasteiger partial charge < -0.3 is 14.2 Å². The highest BCUT2D eigenvalue weighted by molar-refractivity contribution is 9.12. The molecule has 0 saturated carbocycles. The predicted octanol–water partition coefficient (Wildman–Crippen LogP) is 0.0228. The van der Waals surface area contributed by atoms with E-state index in [2.05, 4.69) is 31.7 Å². The average molecular weight is 415 g/mol. The van der Waals surface area contributed by atoms with Crippen LogP contribution < -0.4 is 11.2 Å². The lowest BCUT2D eigenvalue weighted by Gasteiger charge is -2.17. The molecule has 1 aromatic heterocycles. The molecule has 2 heterocycles. The average Bonchev–Trinajstić information content (AvgIpc) is 2.90. The maximum atomic E-state index is 12.1. The Balaban J connectivity index is 2.30. The van der Waals surface area contributed by atoms with E-state index in [4.69, 9.17) is 14.2 Å². The number of nitrogens with zero attached hydrogens (tertiary/aromatic N) is 1. The van der Waals surface area contributed by atoms with Crippen LogP contribution in [0.4, 0.5) is 0 Å². The van der Waals surface area contributed by atoms with Gasteiger partial charge in [0, 0.05) is 42.4 Å². The molecule has 0 aliphatic carbocycles. The summed E-state index contributed by atoms with van der Waals surface area (Å²) in [6.07, 6.45) is -0.837. The molecule has 1 saturated heterocycles. The Bertz CT molecular complexity index is 848. The summed E-state index contributed by atoms with van der Waals surface area (Å²) in [6, 6.07) is 0. The molecule has 1 fully saturated rings. The van der Waals surface area contributed by atoms with Crippen LogP contribution >= 0.6 is 15.9 Å². The monoisotopic (exact) mass is 414 g/mol. The summed E-state index contributed by atoms with van der Waals surface area (Å²) in [4.78, 5) is 50.5. The molecule has 1 N–H and O–H groups in total. The van der Waals surface area contributed by atoms with Gasteiger partial charge in [0.15, 0.2) is 0 Å². The lowest BCUT2D eigenvalue weighted by Crippen LogP contribution is -2.34. The van der Waals surface area contributed by atoms with Crippen molar-refractivity contribution >= 4 is 27.9 Å². The third-order valence-electron chi connectivity index (χ3n) is 3.41. The summed E-state index contributed by atoms with van der Waals surface area (Å²) in [6.45, 7) is 2.35. The van der Waals surface area contributed by atoms with Gasteiger partial charge in [0.25, 0.3) is 5.56 Å². The minimum atomic E-state index is -0.815. The molecule has 25 heavy (non-hydrogen) atoms. The van der Waals surface area contributed by atoms with Gasteiger partial charge in [-0.3, -0.25) is 23.9 Å². The Morgan fingerprint density at radius 3 is 2.72 bits per heavy atom. The van der Waals surface area contributed by atoms with Crippen LogP contribution in [-0.2, 0) is 23.8 Å². The number of nitrogens with one attached hydrogen (secondary N) is 1. The highest BCUT2D eigenvalue weighted by atomic mass is 79.9. The fraction of sp³-hybridized carbons (Fsp3) is 0.467. The van der Waals surface area contributed by atoms with E-state index in [1.165, 1.54) is 20.0 Å². The van der Waals surface area contributed by atoms with Crippen LogP contribution in [0.5, 0.6) is 0 Å². The van der Waals surface area contributed by atoms with E-state index in [-0.39, 0.29) is 18.6 Å². The first-order chi connectivity index (χ1) is 11.8. The summed E-state index contributed by atoms with van der Waals surface area (Å²) >= 11 is 2.89. The zero-order valence-electron chi connectivity index (χ0n) is 13.4. The Morgan fingerprint density at radius 2 is 2.12 bits per heavy atom. The molecule has 2 rings (SSSR count). The minimum Gasteiger partial charge on any atom is -0.463 e. The number of H-pyrrole nitrogens is 1. The molecule has 0 amide bonds. The Labute approximate surface area is 150 Å². The fourth-order valence-corrected chi connectivity index (χ4v) is 2.61. The second-order valence-electron chi connectivity index (χ2n) is 5.24. The van der Waals surface area contributed by atoms with Crippen molar-refractivity contribution in [1.82, 2.24) is 9.55 Å². The number of ether oxygens (including phenoxy) is 3. The van der Waals surface area contributed by atoms with Crippen molar-refractivity contribution in [2.75, 3.05) is 6.61 Å². The van der Waals surface area contributed by atoms with Gasteiger partial charge in [0.1, 0.15) is 30.6 Å². The molecule has 1 aliphatic rings. The first-order valence-electron chi connectivity index (χ1n) is 7.25. The molecule has 10 heteroatoms. The number of esters is 2. The predicted molar refractivity (Wildman–Crippen MR) is 87.8 cm³/mol. The van der Waals surface area contributed by atoms with Crippen molar-refractivity contribution in [3.8, 4) is 10.8 Å². The van der Waals surface area contributed by atoms with Gasteiger partial charge in [0.05, 0.1) is 0 Å². The van der Waals surface area contributed by atoms with Crippen molar-refractivity contribution in [3.05, 3.63) is 32.6 Å². The summed E-state index contributed by atoms with van der Waals surface area (Å²) in [5, 5.41) is 0. The van der Waals surface area contributed by atoms with Gasteiger partial charge in [-0.15, -0.1) is 0 Å². The largest absolute Gasteiger partial charge is 0.463 e. The van der Waals surface area contributed by atoms with Crippen molar-refractivity contribution < 1.29 is 23.8 Å². The summed E-state index contributed by atoms with van der Waals surface area (Å²) in [5.41, 5.74) is -1.25. The zero-order valence-corrected chi connectivity index (χ0v) is 15.0. The highest BCUT2D eigenvalue weighted by Gasteiger charge is 2.39. The van der Waals surface area contributed by atoms with Gasteiger partial charge in [-0.2, -0.15) is 0 Å². The number of hydrogen-bond acceptors (Lipinski definition) is 7. The number of carbonyl (C=O) groups is 2. The van der Waals surface area contributed by atoms with Crippen LogP contribution in [0.2, 0.25) is 0 Å². The molecule has 0 unspecified atom stereocenters. The van der Waals surface area contributed by atoms with E-state index < -0.39 is 41.6 Å². The minimum absolute atomic E-state index is 0.0625. The summed E-state index contributed by atoms with van der Waals surface area (Å²) < 4.78 is 16.9. The lowest BCUT2D eigenvalue weighted by molar-refractivity contribution is -0.155. The molecule has 0 spiro atoms. The first-order valence-corrected chi connectivity index (χ1v) is 8.04. The Hall–Kier alpha value is -2.38. The molecule has 0 bridgehead atoms. The van der Waals surface area contributed by atoms with E-state index in [1.807, 2.05) is 0 Å². The van der Waals surface area contributed by atoms with Crippen LogP contribution in [0.25, 0.3) is 0 Å². The quantitative estimate of drug-likeness (QED) is 0.545. The van der Waals surface area contributed by atoms with Crippen LogP contribution in [-0.4, -0.2) is 40.3 Å².